The number of nitrogens with zero attached hydrogens (tertiary/aromatic N) is 4. The fraction of sp³-hybridized carbons (Fsp3) is 0.667. The molecule has 1 aromatic rings. The molecular weight excluding hydrogens is 314 g/mol. The van der Waals surface area contributed by atoms with E-state index in [-0.39, 0.29) is 19.1 Å². The number of carbonyl (C=O) groups excluding carboxylic acids is 2. The van der Waals surface area contributed by atoms with Gasteiger partial charge >= 0.3 is 12.1 Å². The van der Waals surface area contributed by atoms with Crippen LogP contribution in [-0.2, 0) is 11.8 Å². The number of nitrogens with one attached hydrogen (secondary N) is 1. The highest BCUT2D eigenvalue weighted by Gasteiger charge is 2.39. The molecule has 1 aliphatic heterocycles. The zero-order valence-corrected chi connectivity index (χ0v) is 14.7. The summed E-state index contributed by atoms with van der Waals surface area (Å²) in [6, 6.07) is 0.781. The summed E-state index contributed by atoms with van der Waals surface area (Å²) >= 11 is 0. The zero-order chi connectivity index (χ0) is 18.1. The highest BCUT2D eigenvalue weighted by Crippen LogP contribution is 2.19. The number of ether oxygens (including phenoxy) is 1. The molecule has 2 atom stereocenters. The van der Waals surface area contributed by atoms with Gasteiger partial charge < -0.3 is 19.6 Å². The van der Waals surface area contributed by atoms with Gasteiger partial charge in [0.25, 0.3) is 0 Å². The highest BCUT2D eigenvalue weighted by atomic mass is 16.6. The van der Waals surface area contributed by atoms with E-state index in [0.29, 0.717) is 5.82 Å². The largest absolute Gasteiger partial charge is 0.444 e. The monoisotopic (exact) mass is 339 g/mol. The van der Waals surface area contributed by atoms with Gasteiger partial charge in [0.05, 0.1) is 24.9 Å². The van der Waals surface area contributed by atoms with Crippen LogP contribution in [0.25, 0.3) is 0 Å². The van der Waals surface area contributed by atoms with Gasteiger partial charge in [-0.05, 0) is 20.8 Å². The lowest BCUT2D eigenvalue weighted by molar-refractivity contribution is 0.0269. The average molecular weight is 339 g/mol. The van der Waals surface area contributed by atoms with Crippen molar-refractivity contribution in [1.82, 2.24) is 19.6 Å². The van der Waals surface area contributed by atoms with Gasteiger partial charge in [0, 0.05) is 26.7 Å². The predicted molar refractivity (Wildman–Crippen MR) is 87.6 cm³/mol. The molecule has 9 heteroatoms. The lowest BCUT2D eigenvalue weighted by atomic mass is 10.2. The molecule has 0 bridgehead atoms. The second-order valence-electron chi connectivity index (χ2n) is 6.90. The lowest BCUT2D eigenvalue weighted by Gasteiger charge is -2.27. The van der Waals surface area contributed by atoms with Crippen molar-refractivity contribution in [3.8, 4) is 0 Å². The van der Waals surface area contributed by atoms with E-state index in [4.69, 9.17) is 4.74 Å². The van der Waals surface area contributed by atoms with E-state index in [0.717, 1.165) is 0 Å². The van der Waals surface area contributed by atoms with E-state index in [9.17, 15) is 14.7 Å². The number of aryl methyl sites for hydroxylation is 1. The number of amides is 3. The van der Waals surface area contributed by atoms with Crippen LogP contribution in [0.3, 0.4) is 0 Å². The van der Waals surface area contributed by atoms with Gasteiger partial charge in [-0.2, -0.15) is 5.10 Å². The van der Waals surface area contributed by atoms with Gasteiger partial charge in [-0.15, -0.1) is 0 Å². The topological polar surface area (TPSA) is 99.9 Å². The van der Waals surface area contributed by atoms with Crippen LogP contribution in [0.5, 0.6) is 0 Å². The van der Waals surface area contributed by atoms with Crippen molar-refractivity contribution in [2.24, 2.45) is 7.05 Å². The van der Waals surface area contributed by atoms with Crippen LogP contribution in [0.15, 0.2) is 12.3 Å². The van der Waals surface area contributed by atoms with E-state index >= 15 is 0 Å². The number of β-amino-alcohol motifs (C(OH)–C–C–N with tert-alkyl or cyclic N) is 1. The molecule has 2 heterocycles. The fourth-order valence-electron chi connectivity index (χ4n) is 2.47. The standard InChI is InChI=1S/C15H25N5O4/c1-15(2,3)24-14(23)20-8-10(11(21)9-20)18(4)13(22)17-12-6-7-16-19(12)5/h6-7,10-11,21H,8-9H2,1-5H3,(H,17,22)/t10-,11-/m1/s1. The first-order valence-electron chi connectivity index (χ1n) is 7.76. The average Bonchev–Trinajstić information content (AvgIpc) is 3.03. The van der Waals surface area contributed by atoms with Crippen LogP contribution in [-0.4, -0.2) is 74.7 Å². The number of urea groups is 1. The molecule has 2 rings (SSSR count). The second kappa shape index (κ2) is 6.68. The molecule has 0 unspecified atom stereocenters. The Morgan fingerprint density at radius 2 is 2.08 bits per heavy atom. The van der Waals surface area contributed by atoms with Gasteiger partial charge in [-0.25, -0.2) is 9.59 Å². The van der Waals surface area contributed by atoms with E-state index in [1.54, 1.807) is 47.1 Å². The number of carbonyl (C=O) groups is 2. The first kappa shape index (κ1) is 18.1. The van der Waals surface area contributed by atoms with Crippen molar-refractivity contribution in [2.75, 3.05) is 25.5 Å². The third-order valence-corrected chi connectivity index (χ3v) is 3.78. The Hall–Kier alpha value is -2.29. The molecule has 0 spiro atoms. The highest BCUT2D eigenvalue weighted by molar-refractivity contribution is 5.88. The van der Waals surface area contributed by atoms with Crippen molar-refractivity contribution in [3.05, 3.63) is 12.3 Å². The van der Waals surface area contributed by atoms with E-state index in [1.807, 2.05) is 0 Å². The number of aliphatic hydroxyl groups excluding tert-OH is 1. The summed E-state index contributed by atoms with van der Waals surface area (Å²) in [7, 11) is 3.29. The summed E-state index contributed by atoms with van der Waals surface area (Å²) in [5.74, 6) is 0.545. The molecule has 0 aromatic carbocycles. The molecule has 9 nitrogen and oxygen atoms in total. The fourth-order valence-corrected chi connectivity index (χ4v) is 2.47. The molecule has 1 aromatic heterocycles. The number of hydrogen-bond donors (Lipinski definition) is 2. The SMILES string of the molecule is CN(C(=O)Nc1ccnn1C)[C@@H]1CN(C(=O)OC(C)(C)C)C[C@H]1O. The van der Waals surface area contributed by atoms with Crippen molar-refractivity contribution in [2.45, 2.75) is 38.5 Å². The molecule has 134 valence electrons. The van der Waals surface area contributed by atoms with Gasteiger partial charge in [0.15, 0.2) is 0 Å². The van der Waals surface area contributed by atoms with Crippen molar-refractivity contribution >= 4 is 17.9 Å². The summed E-state index contributed by atoms with van der Waals surface area (Å²) in [6.45, 7) is 5.68. The molecule has 0 saturated carbocycles. The Bertz CT molecular complexity index is 609. The summed E-state index contributed by atoms with van der Waals surface area (Å²) in [5, 5.41) is 16.9. The molecule has 2 N–H and O–H groups in total. The van der Waals surface area contributed by atoms with Crippen LogP contribution < -0.4 is 5.32 Å². The van der Waals surface area contributed by atoms with Crippen LogP contribution in [0.1, 0.15) is 20.8 Å². The summed E-state index contributed by atoms with van der Waals surface area (Å²) in [6.07, 6.45) is 0.244. The number of aromatic nitrogens is 2. The Morgan fingerprint density at radius 1 is 1.42 bits per heavy atom. The Morgan fingerprint density at radius 3 is 2.62 bits per heavy atom. The molecular formula is C15H25N5O4. The second-order valence-corrected chi connectivity index (χ2v) is 6.90. The Balaban J connectivity index is 1.97. The number of anilines is 1. The van der Waals surface area contributed by atoms with E-state index in [1.165, 1.54) is 14.5 Å². The molecule has 3 amide bonds. The predicted octanol–water partition coefficient (Wildman–Crippen LogP) is 0.864. The van der Waals surface area contributed by atoms with Crippen molar-refractivity contribution < 1.29 is 19.4 Å². The van der Waals surface area contributed by atoms with Crippen LogP contribution in [0, 0.1) is 0 Å². The number of likely N-dealkylation sites (N-methyl/N-ethyl adjacent to an activating group) is 1. The number of rotatable bonds is 2. The van der Waals surface area contributed by atoms with E-state index < -0.39 is 23.8 Å². The van der Waals surface area contributed by atoms with Crippen LogP contribution >= 0.6 is 0 Å². The molecule has 1 fully saturated rings. The summed E-state index contributed by atoms with van der Waals surface area (Å²) < 4.78 is 6.84. The van der Waals surface area contributed by atoms with Gasteiger partial charge in [-0.1, -0.05) is 0 Å². The summed E-state index contributed by atoms with van der Waals surface area (Å²) in [4.78, 5) is 27.2. The maximum atomic E-state index is 12.3. The minimum Gasteiger partial charge on any atom is -0.444 e. The van der Waals surface area contributed by atoms with E-state index in [2.05, 4.69) is 10.4 Å². The molecule has 0 aliphatic carbocycles. The Labute approximate surface area is 141 Å². The smallest absolute Gasteiger partial charge is 0.410 e. The molecule has 1 aliphatic rings. The van der Waals surface area contributed by atoms with Crippen molar-refractivity contribution in [3.63, 3.8) is 0 Å². The van der Waals surface area contributed by atoms with Gasteiger partial charge in [0.1, 0.15) is 11.4 Å². The quantitative estimate of drug-likeness (QED) is 0.832. The lowest BCUT2D eigenvalue weighted by Crippen LogP contribution is -2.46. The maximum absolute atomic E-state index is 12.3. The van der Waals surface area contributed by atoms with Gasteiger partial charge in [0.2, 0.25) is 0 Å². The number of hydrogen-bond acceptors (Lipinski definition) is 5. The third-order valence-electron chi connectivity index (χ3n) is 3.78. The normalized spacial score (nSPS) is 20.8. The Kier molecular flexibility index (Phi) is 5.02. The first-order valence-corrected chi connectivity index (χ1v) is 7.76. The molecule has 1 saturated heterocycles. The minimum atomic E-state index is -0.834. The third kappa shape index (κ3) is 4.16. The minimum absolute atomic E-state index is 0.128. The first-order chi connectivity index (χ1) is 11.1. The zero-order valence-electron chi connectivity index (χ0n) is 14.7. The maximum Gasteiger partial charge on any atom is 0.410 e. The van der Waals surface area contributed by atoms with Gasteiger partial charge in [-0.3, -0.25) is 10.00 Å². The van der Waals surface area contributed by atoms with Crippen LogP contribution in [0.4, 0.5) is 15.4 Å². The number of likely N-dealkylation sites (tertiary alicyclic amines) is 1. The molecule has 0 radical (unpaired) electrons. The van der Waals surface area contributed by atoms with Crippen LogP contribution in [0.2, 0.25) is 0 Å². The number of aliphatic hydroxyl groups is 1. The van der Waals surface area contributed by atoms with Crippen molar-refractivity contribution in [1.29, 1.82) is 0 Å². The summed E-state index contributed by atoms with van der Waals surface area (Å²) in [5.41, 5.74) is -0.608. The molecule has 24 heavy (non-hydrogen) atoms.